The van der Waals surface area contributed by atoms with Crippen molar-refractivity contribution in [2.75, 3.05) is 49.1 Å². The zero-order valence-electron chi connectivity index (χ0n) is 25.3. The fraction of sp³-hybridized carbons (Fsp3) is 0.273. The molecule has 2 aliphatic rings. The number of carbonyl (C=O) groups excluding carboxylic acids is 2. The van der Waals surface area contributed by atoms with E-state index in [9.17, 15) is 18.0 Å². The number of benzene rings is 4. The molecule has 0 atom stereocenters. The van der Waals surface area contributed by atoms with Crippen molar-refractivity contribution in [3.8, 4) is 23.0 Å². The van der Waals surface area contributed by atoms with Crippen LogP contribution in [-0.4, -0.2) is 60.2 Å². The number of nitrogens with zero attached hydrogens (tertiary/aromatic N) is 2. The number of esters is 2. The topological polar surface area (TPSA) is 130 Å². The number of hydrogen-bond donors (Lipinski definition) is 0. The van der Waals surface area contributed by atoms with Gasteiger partial charge in [0.25, 0.3) is 10.0 Å². The summed E-state index contributed by atoms with van der Waals surface area (Å²) in [6.07, 6.45) is 0. The Morgan fingerprint density at radius 3 is 1.93 bits per heavy atom. The van der Waals surface area contributed by atoms with Crippen LogP contribution in [0, 0.1) is 0 Å². The van der Waals surface area contributed by atoms with Gasteiger partial charge in [0.05, 0.1) is 23.8 Å². The van der Waals surface area contributed by atoms with Crippen molar-refractivity contribution in [2.24, 2.45) is 0 Å². The average molecular weight is 649 g/mol. The second-order valence-corrected chi connectivity index (χ2v) is 12.2. The maximum Gasteiger partial charge on any atom is 0.326 e. The van der Waals surface area contributed by atoms with E-state index in [1.165, 1.54) is 18.2 Å². The zero-order valence-corrected chi connectivity index (χ0v) is 26.1. The fourth-order valence-corrected chi connectivity index (χ4v) is 6.84. The quantitative estimate of drug-likeness (QED) is 0.200. The minimum absolute atomic E-state index is 0.0218. The van der Waals surface area contributed by atoms with E-state index in [0.29, 0.717) is 40.3 Å². The van der Waals surface area contributed by atoms with Crippen molar-refractivity contribution in [1.29, 1.82) is 0 Å². The Labute approximate surface area is 266 Å². The highest BCUT2D eigenvalue weighted by Gasteiger charge is 2.31. The van der Waals surface area contributed by atoms with E-state index >= 15 is 0 Å². The molecule has 46 heavy (non-hydrogen) atoms. The standard InChI is InChI=1S/C33H32N2O10S/c1-3-40-32(36)18-34(17-22-9-13-28-30(15-22)44-20-42-28)26-11-12-27(25-8-6-5-7-24(25)26)35(19-33(37)41-4-2)46(38,39)23-10-14-29-31(16-23)45-21-43-29/h5-16H,3-4,17-21H2,1-2H3. The van der Waals surface area contributed by atoms with Crippen LogP contribution in [0.25, 0.3) is 10.8 Å². The van der Waals surface area contributed by atoms with Crippen LogP contribution in [0.1, 0.15) is 19.4 Å². The Balaban J connectivity index is 1.44. The van der Waals surface area contributed by atoms with Crippen LogP contribution in [0.4, 0.5) is 11.4 Å². The maximum atomic E-state index is 14.2. The third kappa shape index (κ3) is 6.18. The molecule has 0 saturated heterocycles. The summed E-state index contributed by atoms with van der Waals surface area (Å²) in [7, 11) is -4.31. The lowest BCUT2D eigenvalue weighted by Crippen LogP contribution is -2.37. The van der Waals surface area contributed by atoms with E-state index in [2.05, 4.69) is 0 Å². The molecule has 4 aromatic rings. The van der Waals surface area contributed by atoms with Gasteiger partial charge in [0, 0.05) is 29.1 Å². The summed E-state index contributed by atoms with van der Waals surface area (Å²) in [5, 5.41) is 1.19. The lowest BCUT2D eigenvalue weighted by atomic mass is 10.0. The number of rotatable bonds is 12. The summed E-state index contributed by atoms with van der Waals surface area (Å²) >= 11 is 0. The summed E-state index contributed by atoms with van der Waals surface area (Å²) in [6.45, 7) is 3.46. The Hall–Kier alpha value is -5.17. The monoisotopic (exact) mass is 648 g/mol. The molecule has 0 bridgehead atoms. The lowest BCUT2D eigenvalue weighted by molar-refractivity contribution is -0.142. The van der Waals surface area contributed by atoms with Gasteiger partial charge in [-0.2, -0.15) is 0 Å². The van der Waals surface area contributed by atoms with Crippen molar-refractivity contribution in [3.63, 3.8) is 0 Å². The smallest absolute Gasteiger partial charge is 0.326 e. The molecular weight excluding hydrogens is 616 g/mol. The van der Waals surface area contributed by atoms with E-state index in [-0.39, 0.29) is 49.7 Å². The number of ether oxygens (including phenoxy) is 6. The zero-order chi connectivity index (χ0) is 32.3. The Morgan fingerprint density at radius 1 is 0.696 bits per heavy atom. The summed E-state index contributed by atoms with van der Waals surface area (Å²) in [6, 6.07) is 20.4. The van der Waals surface area contributed by atoms with Crippen molar-refractivity contribution < 1.29 is 46.4 Å². The molecule has 2 aliphatic heterocycles. The van der Waals surface area contributed by atoms with Crippen LogP contribution in [0.3, 0.4) is 0 Å². The van der Waals surface area contributed by atoms with Crippen LogP contribution in [0.5, 0.6) is 23.0 Å². The molecule has 0 saturated carbocycles. The molecule has 2 heterocycles. The number of sulfonamides is 1. The van der Waals surface area contributed by atoms with E-state index in [1.54, 1.807) is 38.1 Å². The first-order valence-electron chi connectivity index (χ1n) is 14.7. The number of carbonyl (C=O) groups is 2. The molecule has 0 fully saturated rings. The molecule has 0 spiro atoms. The normalized spacial score (nSPS) is 13.0. The first kappa shape index (κ1) is 30.8. The van der Waals surface area contributed by atoms with Gasteiger partial charge >= 0.3 is 11.9 Å². The highest BCUT2D eigenvalue weighted by atomic mass is 32.2. The van der Waals surface area contributed by atoms with Crippen LogP contribution in [0.2, 0.25) is 0 Å². The van der Waals surface area contributed by atoms with E-state index in [1.807, 2.05) is 35.2 Å². The highest BCUT2D eigenvalue weighted by Crippen LogP contribution is 2.40. The van der Waals surface area contributed by atoms with Crippen molar-refractivity contribution >= 4 is 44.1 Å². The second kappa shape index (κ2) is 13.1. The molecular formula is C33H32N2O10S. The highest BCUT2D eigenvalue weighted by molar-refractivity contribution is 7.92. The average Bonchev–Trinajstić information content (AvgIpc) is 3.72. The molecule has 0 N–H and O–H groups in total. The first-order valence-corrected chi connectivity index (χ1v) is 16.1. The lowest BCUT2D eigenvalue weighted by Gasteiger charge is -2.29. The van der Waals surface area contributed by atoms with Gasteiger partial charge in [-0.25, -0.2) is 8.42 Å². The van der Waals surface area contributed by atoms with Gasteiger partial charge in [0.2, 0.25) is 13.6 Å². The van der Waals surface area contributed by atoms with Crippen LogP contribution in [-0.2, 0) is 35.6 Å². The molecule has 0 aliphatic carbocycles. The van der Waals surface area contributed by atoms with Gasteiger partial charge in [-0.15, -0.1) is 0 Å². The van der Waals surface area contributed by atoms with Gasteiger partial charge in [-0.05, 0) is 55.8 Å². The Bertz CT molecular complexity index is 1900. The van der Waals surface area contributed by atoms with Crippen LogP contribution >= 0.6 is 0 Å². The summed E-state index contributed by atoms with van der Waals surface area (Å²) < 4.78 is 61.7. The molecule has 0 radical (unpaired) electrons. The second-order valence-electron chi connectivity index (χ2n) is 10.3. The number of anilines is 2. The molecule has 12 nitrogen and oxygen atoms in total. The van der Waals surface area contributed by atoms with Gasteiger partial charge in [0.15, 0.2) is 23.0 Å². The van der Waals surface area contributed by atoms with E-state index in [4.69, 9.17) is 28.4 Å². The van der Waals surface area contributed by atoms with Crippen molar-refractivity contribution in [1.82, 2.24) is 0 Å². The van der Waals surface area contributed by atoms with Gasteiger partial charge < -0.3 is 33.3 Å². The molecule has 0 unspecified atom stereocenters. The number of fused-ring (bicyclic) bond motifs is 3. The fourth-order valence-electron chi connectivity index (χ4n) is 5.40. The third-order valence-corrected chi connectivity index (χ3v) is 9.19. The molecule has 240 valence electrons. The Morgan fingerprint density at radius 2 is 1.26 bits per heavy atom. The number of hydrogen-bond acceptors (Lipinski definition) is 11. The minimum atomic E-state index is -4.31. The third-order valence-electron chi connectivity index (χ3n) is 7.43. The molecule has 0 aromatic heterocycles. The summed E-state index contributed by atoms with van der Waals surface area (Å²) in [4.78, 5) is 27.4. The molecule has 0 amide bonds. The minimum Gasteiger partial charge on any atom is -0.465 e. The van der Waals surface area contributed by atoms with E-state index < -0.39 is 28.5 Å². The Kier molecular flexibility index (Phi) is 8.75. The largest absolute Gasteiger partial charge is 0.465 e. The van der Waals surface area contributed by atoms with Gasteiger partial charge in [-0.1, -0.05) is 30.3 Å². The molecule has 13 heteroatoms. The predicted octanol–water partition coefficient (Wildman–Crippen LogP) is 4.63. The van der Waals surface area contributed by atoms with E-state index in [0.717, 1.165) is 9.87 Å². The molecule has 4 aromatic carbocycles. The SMILES string of the molecule is CCOC(=O)CN(Cc1ccc2c(c1)OCO2)c1ccc(N(CC(=O)OCC)S(=O)(=O)c2ccc3c(c2)OCO3)c2ccccc12. The summed E-state index contributed by atoms with van der Waals surface area (Å²) in [5.41, 5.74) is 1.77. The van der Waals surface area contributed by atoms with Crippen molar-refractivity contribution in [2.45, 2.75) is 25.3 Å². The van der Waals surface area contributed by atoms with Gasteiger partial charge in [-0.3, -0.25) is 13.9 Å². The van der Waals surface area contributed by atoms with Gasteiger partial charge in [0.1, 0.15) is 13.1 Å². The maximum absolute atomic E-state index is 14.2. The van der Waals surface area contributed by atoms with Crippen LogP contribution < -0.4 is 28.2 Å². The predicted molar refractivity (Wildman–Crippen MR) is 168 cm³/mol. The first-order chi connectivity index (χ1) is 22.3. The molecule has 6 rings (SSSR count). The summed E-state index contributed by atoms with van der Waals surface area (Å²) in [5.74, 6) is 0.820. The van der Waals surface area contributed by atoms with Crippen molar-refractivity contribution in [3.05, 3.63) is 78.4 Å². The van der Waals surface area contributed by atoms with Crippen LogP contribution in [0.15, 0.2) is 77.7 Å².